The lowest BCUT2D eigenvalue weighted by atomic mass is 10.3. The van der Waals surface area contributed by atoms with E-state index in [0.717, 1.165) is 0 Å². The quantitative estimate of drug-likeness (QED) is 0.108. The summed E-state index contributed by atoms with van der Waals surface area (Å²) < 4.78 is 25.3. The molecule has 216 valence electrons. The third kappa shape index (κ3) is 18.6. The number of ether oxygens (including phenoxy) is 5. The van der Waals surface area contributed by atoms with E-state index in [-0.39, 0.29) is 65.7 Å². The number of carbonyl (C=O) groups is 4. The van der Waals surface area contributed by atoms with Crippen molar-refractivity contribution in [1.29, 1.82) is 0 Å². The smallest absolute Gasteiger partial charge is 0.320 e. The molecular formula is C24H45N3O10. The number of aliphatic hydroxyl groups is 1. The van der Waals surface area contributed by atoms with Gasteiger partial charge in [-0.3, -0.25) is 33.9 Å². The molecule has 37 heavy (non-hydrogen) atoms. The fourth-order valence-electron chi connectivity index (χ4n) is 3.31. The normalized spacial score (nSPS) is 12.0. The summed E-state index contributed by atoms with van der Waals surface area (Å²) in [5.74, 6) is -1.84. The minimum atomic E-state index is -1.09. The summed E-state index contributed by atoms with van der Waals surface area (Å²) in [5.41, 5.74) is 0. The minimum Gasteiger partial charge on any atom is -0.465 e. The molecule has 0 saturated heterocycles. The molecule has 0 aromatic carbocycles. The van der Waals surface area contributed by atoms with Crippen molar-refractivity contribution in [1.82, 2.24) is 14.7 Å². The van der Waals surface area contributed by atoms with E-state index in [9.17, 15) is 24.3 Å². The second kappa shape index (κ2) is 21.7. The van der Waals surface area contributed by atoms with Crippen LogP contribution in [0.25, 0.3) is 0 Å². The molecule has 13 nitrogen and oxygen atoms in total. The molecule has 0 aliphatic heterocycles. The summed E-state index contributed by atoms with van der Waals surface area (Å²) in [4.78, 5) is 53.4. The van der Waals surface area contributed by atoms with Gasteiger partial charge in [-0.05, 0) is 34.6 Å². The Morgan fingerprint density at radius 3 is 1.24 bits per heavy atom. The lowest BCUT2D eigenvalue weighted by molar-refractivity contribution is -0.149. The van der Waals surface area contributed by atoms with Gasteiger partial charge in [0.2, 0.25) is 0 Å². The van der Waals surface area contributed by atoms with Gasteiger partial charge in [0, 0.05) is 39.3 Å². The zero-order valence-electron chi connectivity index (χ0n) is 22.9. The topological polar surface area (TPSA) is 144 Å². The maximum atomic E-state index is 12.2. The number of carbonyl (C=O) groups excluding carboxylic acids is 4. The first-order valence-electron chi connectivity index (χ1n) is 12.8. The summed E-state index contributed by atoms with van der Waals surface area (Å²) in [6.07, 6.45) is -1.09. The van der Waals surface area contributed by atoms with Crippen LogP contribution in [0.1, 0.15) is 34.6 Å². The standard InChI is InChI=1S/C24H45N3O10/c1-6-33-20(28)15-25(11-13-26(16-21(29)34-7-2)17-22(30)35-8-3)12-14-27(18-23(31)36-9-4)19-24(32)37-10-5/h21,29H,6-19H2,1-5H3. The van der Waals surface area contributed by atoms with Crippen molar-refractivity contribution in [3.8, 4) is 0 Å². The van der Waals surface area contributed by atoms with Crippen molar-refractivity contribution in [3.63, 3.8) is 0 Å². The van der Waals surface area contributed by atoms with Crippen molar-refractivity contribution in [2.45, 2.75) is 40.9 Å². The fourth-order valence-corrected chi connectivity index (χ4v) is 3.31. The molecule has 0 spiro atoms. The van der Waals surface area contributed by atoms with Crippen molar-refractivity contribution >= 4 is 23.9 Å². The predicted molar refractivity (Wildman–Crippen MR) is 133 cm³/mol. The van der Waals surface area contributed by atoms with E-state index < -0.39 is 30.2 Å². The van der Waals surface area contributed by atoms with Crippen LogP contribution in [0.5, 0.6) is 0 Å². The van der Waals surface area contributed by atoms with Gasteiger partial charge in [-0.1, -0.05) is 0 Å². The molecule has 0 aliphatic rings. The first-order valence-corrected chi connectivity index (χ1v) is 12.8. The molecular weight excluding hydrogens is 490 g/mol. The van der Waals surface area contributed by atoms with E-state index in [2.05, 4.69) is 0 Å². The maximum Gasteiger partial charge on any atom is 0.320 e. The number of hydrogen-bond acceptors (Lipinski definition) is 13. The van der Waals surface area contributed by atoms with Crippen LogP contribution < -0.4 is 0 Å². The van der Waals surface area contributed by atoms with Crippen molar-refractivity contribution in [2.24, 2.45) is 0 Å². The summed E-state index contributed by atoms with van der Waals surface area (Å²) in [6, 6.07) is 0. The highest BCUT2D eigenvalue weighted by molar-refractivity contribution is 5.75. The molecule has 0 aromatic heterocycles. The molecule has 13 heteroatoms. The monoisotopic (exact) mass is 535 g/mol. The number of hydrogen-bond donors (Lipinski definition) is 1. The molecule has 1 atom stereocenters. The Bertz CT molecular complexity index is 645. The molecule has 0 heterocycles. The molecule has 0 fully saturated rings. The Labute approximate surface area is 219 Å². The highest BCUT2D eigenvalue weighted by atomic mass is 16.6. The van der Waals surface area contributed by atoms with Crippen molar-refractivity contribution < 1.29 is 48.0 Å². The summed E-state index contributed by atoms with van der Waals surface area (Å²) in [7, 11) is 0. The summed E-state index contributed by atoms with van der Waals surface area (Å²) >= 11 is 0. The predicted octanol–water partition coefficient (Wildman–Crippen LogP) is -0.500. The Kier molecular flexibility index (Phi) is 20.4. The zero-order valence-corrected chi connectivity index (χ0v) is 22.9. The molecule has 1 N–H and O–H groups in total. The Hall–Kier alpha value is -2.32. The van der Waals surface area contributed by atoms with Crippen LogP contribution in [0.2, 0.25) is 0 Å². The van der Waals surface area contributed by atoms with Gasteiger partial charge in [-0.2, -0.15) is 0 Å². The first-order chi connectivity index (χ1) is 17.7. The van der Waals surface area contributed by atoms with E-state index in [1.165, 1.54) is 0 Å². The Morgan fingerprint density at radius 1 is 0.541 bits per heavy atom. The maximum absolute atomic E-state index is 12.2. The van der Waals surface area contributed by atoms with Crippen molar-refractivity contribution in [2.75, 3.05) is 91.9 Å². The number of rotatable bonds is 22. The average molecular weight is 536 g/mol. The SMILES string of the molecule is CCOC(=O)CN(CCN(CC(=O)OCC)CC(=O)OCC)CCN(CC(=O)OCC)CC(O)OCC. The van der Waals surface area contributed by atoms with Crippen LogP contribution in [0.15, 0.2) is 0 Å². The summed E-state index contributed by atoms with van der Waals surface area (Å²) in [5, 5.41) is 10.1. The Balaban J connectivity index is 5.40. The highest BCUT2D eigenvalue weighted by Gasteiger charge is 2.21. The number of nitrogens with zero attached hydrogens (tertiary/aromatic N) is 3. The molecule has 0 saturated carbocycles. The van der Waals surface area contributed by atoms with Crippen molar-refractivity contribution in [3.05, 3.63) is 0 Å². The molecule has 0 bridgehead atoms. The largest absolute Gasteiger partial charge is 0.465 e. The molecule has 0 aliphatic carbocycles. The van der Waals surface area contributed by atoms with Crippen LogP contribution >= 0.6 is 0 Å². The van der Waals surface area contributed by atoms with Crippen LogP contribution in [-0.2, 0) is 42.9 Å². The van der Waals surface area contributed by atoms with E-state index >= 15 is 0 Å². The average Bonchev–Trinajstić information content (AvgIpc) is 2.81. The first kappa shape index (κ1) is 34.7. The highest BCUT2D eigenvalue weighted by Crippen LogP contribution is 2.01. The second-order valence-electron chi connectivity index (χ2n) is 7.85. The molecule has 0 radical (unpaired) electrons. The van der Waals surface area contributed by atoms with Gasteiger partial charge < -0.3 is 28.8 Å². The molecule has 1 unspecified atom stereocenters. The second-order valence-corrected chi connectivity index (χ2v) is 7.85. The minimum absolute atomic E-state index is 0.0399. The molecule has 0 amide bonds. The van der Waals surface area contributed by atoms with E-state index in [0.29, 0.717) is 26.2 Å². The van der Waals surface area contributed by atoms with Gasteiger partial charge in [0.05, 0.1) is 52.6 Å². The van der Waals surface area contributed by atoms with Gasteiger partial charge in [0.15, 0.2) is 6.29 Å². The van der Waals surface area contributed by atoms with Gasteiger partial charge in [-0.25, -0.2) is 0 Å². The van der Waals surface area contributed by atoms with Crippen LogP contribution in [0, 0.1) is 0 Å². The van der Waals surface area contributed by atoms with E-state index in [1.54, 1.807) is 49.3 Å². The van der Waals surface area contributed by atoms with E-state index in [4.69, 9.17) is 23.7 Å². The lowest BCUT2D eigenvalue weighted by Gasteiger charge is -2.29. The van der Waals surface area contributed by atoms with Crippen LogP contribution in [0.3, 0.4) is 0 Å². The zero-order chi connectivity index (χ0) is 28.1. The van der Waals surface area contributed by atoms with Gasteiger partial charge in [0.25, 0.3) is 0 Å². The van der Waals surface area contributed by atoms with Gasteiger partial charge in [0.1, 0.15) is 0 Å². The molecule has 0 aromatic rings. The van der Waals surface area contributed by atoms with Crippen LogP contribution in [-0.4, -0.2) is 142 Å². The summed E-state index contributed by atoms with van der Waals surface area (Å²) in [6.45, 7) is 10.7. The van der Waals surface area contributed by atoms with Crippen LogP contribution in [0.4, 0.5) is 0 Å². The van der Waals surface area contributed by atoms with Gasteiger partial charge in [-0.15, -0.1) is 0 Å². The Morgan fingerprint density at radius 2 is 0.865 bits per heavy atom. The van der Waals surface area contributed by atoms with E-state index in [1.807, 2.05) is 0 Å². The van der Waals surface area contributed by atoms with Gasteiger partial charge >= 0.3 is 23.9 Å². The fraction of sp³-hybridized carbons (Fsp3) is 0.833. The third-order valence-electron chi connectivity index (χ3n) is 4.87. The lowest BCUT2D eigenvalue weighted by Crippen LogP contribution is -2.46. The molecule has 0 rings (SSSR count). The number of esters is 4. The number of aliphatic hydroxyl groups excluding tert-OH is 1. The third-order valence-corrected chi connectivity index (χ3v) is 4.87.